The zero-order valence-corrected chi connectivity index (χ0v) is 21.2. The van der Waals surface area contributed by atoms with Gasteiger partial charge in [0, 0.05) is 31.8 Å². The van der Waals surface area contributed by atoms with Crippen LogP contribution in [0.5, 0.6) is 0 Å². The molecule has 2 aliphatic rings. The highest BCUT2D eigenvalue weighted by Gasteiger charge is 2.24. The van der Waals surface area contributed by atoms with E-state index < -0.39 is 0 Å². The Morgan fingerprint density at radius 3 is 2.72 bits per heavy atom. The van der Waals surface area contributed by atoms with Gasteiger partial charge in [0.1, 0.15) is 12.0 Å². The Labute approximate surface area is 208 Å². The summed E-state index contributed by atoms with van der Waals surface area (Å²) in [7, 11) is 0. The molecule has 7 nitrogen and oxygen atoms in total. The topological polar surface area (TPSA) is 72.1 Å². The first-order chi connectivity index (χ1) is 15.3. The fourth-order valence-corrected chi connectivity index (χ4v) is 4.09. The van der Waals surface area contributed by atoms with E-state index in [1.165, 1.54) is 12.8 Å². The Morgan fingerprint density at radius 2 is 2.00 bits per heavy atom. The molecule has 0 bridgehead atoms. The van der Waals surface area contributed by atoms with Gasteiger partial charge in [0.25, 0.3) is 0 Å². The minimum atomic E-state index is 0. The van der Waals surface area contributed by atoms with Crippen LogP contribution in [0.1, 0.15) is 44.7 Å². The molecule has 1 aromatic heterocycles. The van der Waals surface area contributed by atoms with E-state index in [-0.39, 0.29) is 30.1 Å². The smallest absolute Gasteiger partial charge is 0.226 e. The molecule has 1 unspecified atom stereocenters. The predicted molar refractivity (Wildman–Crippen MR) is 136 cm³/mol. The maximum atomic E-state index is 6.15. The third-order valence-electron chi connectivity index (χ3n) is 5.83. The Kier molecular flexibility index (Phi) is 10.3. The van der Waals surface area contributed by atoms with E-state index in [1.807, 2.05) is 30.3 Å². The van der Waals surface area contributed by atoms with Crippen molar-refractivity contribution in [3.8, 4) is 11.5 Å². The van der Waals surface area contributed by atoms with Crippen LogP contribution < -0.4 is 5.32 Å². The average Bonchev–Trinajstić information content (AvgIpc) is 3.31. The van der Waals surface area contributed by atoms with Crippen molar-refractivity contribution in [2.24, 2.45) is 4.99 Å². The number of hydrogen-bond donors (Lipinski definition) is 1. The molecule has 1 N–H and O–H groups in total. The molecule has 2 aliphatic heterocycles. The molecule has 8 heteroatoms. The van der Waals surface area contributed by atoms with E-state index in [0.717, 1.165) is 69.3 Å². The van der Waals surface area contributed by atoms with E-state index in [1.54, 1.807) is 6.26 Å². The lowest BCUT2D eigenvalue weighted by atomic mass is 10.1. The van der Waals surface area contributed by atoms with Crippen LogP contribution in [-0.4, -0.2) is 60.9 Å². The molecule has 2 aromatic rings. The zero-order valence-electron chi connectivity index (χ0n) is 18.9. The number of rotatable bonds is 7. The summed E-state index contributed by atoms with van der Waals surface area (Å²) in [6.45, 7) is 6.92. The molecule has 32 heavy (non-hydrogen) atoms. The highest BCUT2D eigenvalue weighted by atomic mass is 127. The maximum Gasteiger partial charge on any atom is 0.226 e. The van der Waals surface area contributed by atoms with E-state index in [9.17, 15) is 0 Å². The van der Waals surface area contributed by atoms with E-state index >= 15 is 0 Å². The number of piperidine rings is 1. The van der Waals surface area contributed by atoms with Crippen molar-refractivity contribution in [1.82, 2.24) is 15.2 Å². The van der Waals surface area contributed by atoms with Gasteiger partial charge in [0.2, 0.25) is 5.89 Å². The lowest BCUT2D eigenvalue weighted by Gasteiger charge is -2.35. The number of guanidine groups is 1. The number of benzene rings is 1. The van der Waals surface area contributed by atoms with E-state index in [2.05, 4.69) is 22.1 Å². The summed E-state index contributed by atoms with van der Waals surface area (Å²) in [5.74, 6) is 1.57. The van der Waals surface area contributed by atoms with Crippen molar-refractivity contribution < 1.29 is 13.9 Å². The Bertz CT molecular complexity index is 816. The van der Waals surface area contributed by atoms with Gasteiger partial charge in [-0.25, -0.2) is 9.98 Å². The van der Waals surface area contributed by atoms with Crippen LogP contribution in [0, 0.1) is 0 Å². The second-order valence-electron chi connectivity index (χ2n) is 8.19. The van der Waals surface area contributed by atoms with Gasteiger partial charge in [-0.05, 0) is 51.2 Å². The highest BCUT2D eigenvalue weighted by molar-refractivity contribution is 14.0. The van der Waals surface area contributed by atoms with Crippen molar-refractivity contribution in [2.45, 2.75) is 57.8 Å². The fourth-order valence-electron chi connectivity index (χ4n) is 4.09. The largest absolute Gasteiger partial charge is 0.444 e. The number of hydrogen-bond acceptors (Lipinski definition) is 5. The standard InChI is InChI=1S/C24H34N4O3.HI/c1-2-25-24(26-16-20-17-31-23(27-20)19-8-4-3-5-9-19)28-13-11-21(12-14-28)30-18-22-10-6-7-15-29-22;/h3-5,8-9,17,21-22H,2,6-7,10-16,18H2,1H3,(H,25,26);1H. The van der Waals surface area contributed by atoms with Gasteiger partial charge in [-0.3, -0.25) is 0 Å². The van der Waals surface area contributed by atoms with Crippen LogP contribution in [0.4, 0.5) is 0 Å². The van der Waals surface area contributed by atoms with Crippen LogP contribution in [0.3, 0.4) is 0 Å². The maximum absolute atomic E-state index is 6.15. The van der Waals surface area contributed by atoms with Crippen LogP contribution in [0.2, 0.25) is 0 Å². The second kappa shape index (κ2) is 13.2. The van der Waals surface area contributed by atoms with Crippen LogP contribution in [0.15, 0.2) is 46.0 Å². The predicted octanol–water partition coefficient (Wildman–Crippen LogP) is 4.48. The first-order valence-electron chi connectivity index (χ1n) is 11.6. The van der Waals surface area contributed by atoms with Crippen LogP contribution >= 0.6 is 24.0 Å². The van der Waals surface area contributed by atoms with E-state index in [4.69, 9.17) is 18.9 Å². The summed E-state index contributed by atoms with van der Waals surface area (Å²) >= 11 is 0. The van der Waals surface area contributed by atoms with Gasteiger partial charge in [0.15, 0.2) is 5.96 Å². The van der Waals surface area contributed by atoms with E-state index in [0.29, 0.717) is 18.5 Å². The Hall–Kier alpha value is -1.65. The van der Waals surface area contributed by atoms with Gasteiger partial charge in [-0.15, -0.1) is 24.0 Å². The zero-order chi connectivity index (χ0) is 21.3. The molecule has 0 amide bonds. The van der Waals surface area contributed by atoms with Crippen molar-refractivity contribution in [1.29, 1.82) is 0 Å². The van der Waals surface area contributed by atoms with Gasteiger partial charge >= 0.3 is 0 Å². The van der Waals surface area contributed by atoms with Gasteiger partial charge in [-0.1, -0.05) is 18.2 Å². The molecular weight excluding hydrogens is 519 g/mol. The third-order valence-corrected chi connectivity index (χ3v) is 5.83. The average molecular weight is 554 g/mol. The number of nitrogens with one attached hydrogen (secondary N) is 1. The second-order valence-corrected chi connectivity index (χ2v) is 8.19. The van der Waals surface area contributed by atoms with Gasteiger partial charge in [-0.2, -0.15) is 0 Å². The van der Waals surface area contributed by atoms with Crippen molar-refractivity contribution in [3.05, 3.63) is 42.3 Å². The number of aromatic nitrogens is 1. The van der Waals surface area contributed by atoms with Gasteiger partial charge in [0.05, 0.1) is 25.4 Å². The van der Waals surface area contributed by atoms with Crippen molar-refractivity contribution >= 4 is 29.9 Å². The molecule has 2 saturated heterocycles. The summed E-state index contributed by atoms with van der Waals surface area (Å²) in [6, 6.07) is 9.94. The molecule has 1 aromatic carbocycles. The molecule has 2 fully saturated rings. The number of aliphatic imine (C=N–C) groups is 1. The molecular formula is C24H35IN4O3. The van der Waals surface area contributed by atoms with Gasteiger partial charge < -0.3 is 24.1 Å². The van der Waals surface area contributed by atoms with Crippen molar-refractivity contribution in [3.63, 3.8) is 0 Å². The number of halogens is 1. The molecule has 0 aliphatic carbocycles. The molecule has 0 radical (unpaired) electrons. The number of oxazole rings is 1. The summed E-state index contributed by atoms with van der Waals surface area (Å²) in [6.07, 6.45) is 7.89. The minimum Gasteiger partial charge on any atom is -0.444 e. The van der Waals surface area contributed by atoms with Crippen molar-refractivity contribution in [2.75, 3.05) is 32.8 Å². The third kappa shape index (κ3) is 7.18. The molecule has 3 heterocycles. The molecule has 0 spiro atoms. The normalized spacial score (nSPS) is 20.1. The SMILES string of the molecule is CCNC(=NCc1coc(-c2ccccc2)n1)N1CCC(OCC2CCCCO2)CC1.I. The fraction of sp³-hybridized carbons (Fsp3) is 0.583. The summed E-state index contributed by atoms with van der Waals surface area (Å²) in [5, 5.41) is 3.42. The quantitative estimate of drug-likeness (QED) is 0.309. The number of ether oxygens (including phenoxy) is 2. The monoisotopic (exact) mass is 554 g/mol. The first kappa shape index (κ1) is 25.0. The van der Waals surface area contributed by atoms with Crippen LogP contribution in [-0.2, 0) is 16.0 Å². The molecule has 176 valence electrons. The lowest BCUT2D eigenvalue weighted by molar-refractivity contribution is -0.0721. The lowest BCUT2D eigenvalue weighted by Crippen LogP contribution is -2.47. The molecule has 1 atom stereocenters. The summed E-state index contributed by atoms with van der Waals surface area (Å²) in [4.78, 5) is 11.7. The van der Waals surface area contributed by atoms with Crippen LogP contribution in [0.25, 0.3) is 11.5 Å². The molecule has 0 saturated carbocycles. The minimum absolute atomic E-state index is 0. The summed E-state index contributed by atoms with van der Waals surface area (Å²) < 4.78 is 17.6. The highest BCUT2D eigenvalue weighted by Crippen LogP contribution is 2.20. The number of nitrogens with zero attached hydrogens (tertiary/aromatic N) is 3. The Balaban J connectivity index is 0.00000289. The molecule has 4 rings (SSSR count). The number of likely N-dealkylation sites (tertiary alicyclic amines) is 1. The Morgan fingerprint density at radius 1 is 1.19 bits per heavy atom. The summed E-state index contributed by atoms with van der Waals surface area (Å²) in [5.41, 5.74) is 1.81. The first-order valence-corrected chi connectivity index (χ1v) is 11.6.